The molecule has 0 heterocycles. The van der Waals surface area contributed by atoms with Crippen molar-refractivity contribution < 1.29 is 9.66 Å². The minimum Gasteiger partial charge on any atom is -0.497 e. The number of ether oxygens (including phenoxy) is 1. The zero-order chi connectivity index (χ0) is 14.4. The van der Waals surface area contributed by atoms with Crippen LogP contribution in [0.15, 0.2) is 24.3 Å². The second-order valence-corrected chi connectivity index (χ2v) is 6.68. The lowest BCUT2D eigenvalue weighted by atomic mass is 10.0. The highest BCUT2D eigenvalue weighted by atomic mass is 32.2. The summed E-state index contributed by atoms with van der Waals surface area (Å²) in [7, 11) is 1.63. The van der Waals surface area contributed by atoms with E-state index >= 15 is 0 Å². The van der Waals surface area contributed by atoms with Crippen LogP contribution in [-0.2, 0) is 0 Å². The third kappa shape index (κ3) is 4.40. The number of nitro groups is 1. The van der Waals surface area contributed by atoms with Crippen LogP contribution in [0.1, 0.15) is 42.9 Å². The molecular formula is C15H21NO3S. The van der Waals surface area contributed by atoms with Crippen LogP contribution >= 0.6 is 11.8 Å². The maximum Gasteiger partial charge on any atom is 0.219 e. The molecule has 2 rings (SSSR count). The van der Waals surface area contributed by atoms with Gasteiger partial charge in [-0.15, -0.1) is 11.8 Å². The number of hydrogen-bond donors (Lipinski definition) is 0. The summed E-state index contributed by atoms with van der Waals surface area (Å²) < 4.78 is 5.14. The lowest BCUT2D eigenvalue weighted by Crippen LogP contribution is -2.16. The molecular weight excluding hydrogens is 274 g/mol. The van der Waals surface area contributed by atoms with Gasteiger partial charge in [-0.3, -0.25) is 10.1 Å². The van der Waals surface area contributed by atoms with Gasteiger partial charge in [-0.2, -0.15) is 0 Å². The van der Waals surface area contributed by atoms with Gasteiger partial charge in [0, 0.05) is 10.2 Å². The molecule has 1 saturated carbocycles. The molecule has 0 spiro atoms. The van der Waals surface area contributed by atoms with E-state index < -0.39 is 0 Å². The molecule has 20 heavy (non-hydrogen) atoms. The van der Waals surface area contributed by atoms with Crippen molar-refractivity contribution in [3.63, 3.8) is 0 Å². The molecule has 0 aromatic heterocycles. The van der Waals surface area contributed by atoms with E-state index in [-0.39, 0.29) is 16.7 Å². The van der Waals surface area contributed by atoms with E-state index in [0.717, 1.165) is 11.3 Å². The van der Waals surface area contributed by atoms with E-state index in [1.165, 1.54) is 32.1 Å². The van der Waals surface area contributed by atoms with Crippen LogP contribution in [-0.4, -0.2) is 23.8 Å². The summed E-state index contributed by atoms with van der Waals surface area (Å²) in [5.41, 5.74) is 1.03. The normalized spacial score (nSPS) is 17.6. The summed E-state index contributed by atoms with van der Waals surface area (Å²) in [5.74, 6) is 0.788. The summed E-state index contributed by atoms with van der Waals surface area (Å²) >= 11 is 1.78. The third-order valence-electron chi connectivity index (χ3n) is 3.71. The Hall–Kier alpha value is -1.23. The number of nitrogens with zero attached hydrogens (tertiary/aromatic N) is 1. The van der Waals surface area contributed by atoms with Gasteiger partial charge in [0.05, 0.1) is 12.4 Å². The van der Waals surface area contributed by atoms with Crippen LogP contribution in [0.25, 0.3) is 0 Å². The van der Waals surface area contributed by atoms with Crippen LogP contribution in [0, 0.1) is 10.1 Å². The van der Waals surface area contributed by atoms with Crippen molar-refractivity contribution >= 4 is 11.8 Å². The number of rotatable bonds is 6. The Bertz CT molecular complexity index is 429. The Kier molecular flexibility index (Phi) is 5.71. The van der Waals surface area contributed by atoms with Crippen molar-refractivity contribution in [1.82, 2.24) is 0 Å². The highest BCUT2D eigenvalue weighted by molar-refractivity contribution is 8.00. The Morgan fingerprint density at radius 2 is 1.95 bits per heavy atom. The highest BCUT2D eigenvalue weighted by Gasteiger charge is 2.24. The first kappa shape index (κ1) is 15.2. The molecule has 1 fully saturated rings. The van der Waals surface area contributed by atoms with Gasteiger partial charge in [-0.05, 0) is 30.5 Å². The van der Waals surface area contributed by atoms with Crippen molar-refractivity contribution in [3.8, 4) is 5.75 Å². The maximum atomic E-state index is 10.9. The number of hydrogen-bond acceptors (Lipinski definition) is 4. The van der Waals surface area contributed by atoms with E-state index in [9.17, 15) is 10.1 Å². The minimum absolute atomic E-state index is 0.00645. The molecule has 110 valence electrons. The van der Waals surface area contributed by atoms with Crippen molar-refractivity contribution in [1.29, 1.82) is 0 Å². The summed E-state index contributed by atoms with van der Waals surface area (Å²) in [6, 6.07) is 7.65. The number of thioether (sulfide) groups is 1. The molecule has 0 N–H and O–H groups in total. The quantitative estimate of drug-likeness (QED) is 0.586. The smallest absolute Gasteiger partial charge is 0.219 e. The molecule has 0 aliphatic heterocycles. The van der Waals surface area contributed by atoms with E-state index in [1.54, 1.807) is 18.9 Å². The molecule has 0 bridgehead atoms. The van der Waals surface area contributed by atoms with Crippen molar-refractivity contribution in [2.45, 2.75) is 42.6 Å². The summed E-state index contributed by atoms with van der Waals surface area (Å²) in [5, 5.41) is 11.4. The molecule has 0 amide bonds. The van der Waals surface area contributed by atoms with Crippen LogP contribution in [0.4, 0.5) is 0 Å². The standard InChI is InChI=1S/C15H21NO3S/c1-19-13-9-7-12(8-10-13)15(11-16(17)18)20-14-5-3-2-4-6-14/h7-10,14-15H,2-6,11H2,1H3. The third-order valence-corrected chi connectivity index (χ3v) is 5.32. The topological polar surface area (TPSA) is 52.4 Å². The van der Waals surface area contributed by atoms with Gasteiger partial charge in [0.15, 0.2) is 0 Å². The van der Waals surface area contributed by atoms with Gasteiger partial charge < -0.3 is 4.74 Å². The Balaban J connectivity index is 2.06. The van der Waals surface area contributed by atoms with Gasteiger partial charge in [-0.25, -0.2) is 0 Å². The fourth-order valence-electron chi connectivity index (χ4n) is 2.61. The average Bonchev–Trinajstić information content (AvgIpc) is 2.47. The minimum atomic E-state index is -0.204. The molecule has 1 aromatic carbocycles. The predicted molar refractivity (Wildman–Crippen MR) is 82.1 cm³/mol. The zero-order valence-corrected chi connectivity index (χ0v) is 12.6. The van der Waals surface area contributed by atoms with Gasteiger partial charge in [0.1, 0.15) is 5.75 Å². The molecule has 4 nitrogen and oxygen atoms in total. The van der Waals surface area contributed by atoms with E-state index in [4.69, 9.17) is 4.74 Å². The van der Waals surface area contributed by atoms with Gasteiger partial charge in [0.2, 0.25) is 6.54 Å². The second kappa shape index (κ2) is 7.53. The molecule has 1 unspecified atom stereocenters. The summed E-state index contributed by atoms with van der Waals surface area (Å²) in [4.78, 5) is 10.7. The zero-order valence-electron chi connectivity index (χ0n) is 11.8. The molecule has 5 heteroatoms. The van der Waals surface area contributed by atoms with Gasteiger partial charge in [0.25, 0.3) is 0 Å². The lowest BCUT2D eigenvalue weighted by molar-refractivity contribution is -0.479. The highest BCUT2D eigenvalue weighted by Crippen LogP contribution is 2.39. The Morgan fingerprint density at radius 3 is 2.50 bits per heavy atom. The van der Waals surface area contributed by atoms with Gasteiger partial charge >= 0.3 is 0 Å². The first-order valence-corrected chi connectivity index (χ1v) is 8.04. The first-order valence-electron chi connectivity index (χ1n) is 7.10. The fourth-order valence-corrected chi connectivity index (χ4v) is 4.21. The lowest BCUT2D eigenvalue weighted by Gasteiger charge is -2.24. The number of benzene rings is 1. The Labute approximate surface area is 124 Å². The van der Waals surface area contributed by atoms with E-state index in [0.29, 0.717) is 5.25 Å². The molecule has 0 radical (unpaired) electrons. The molecule has 1 aromatic rings. The molecule has 1 aliphatic carbocycles. The maximum absolute atomic E-state index is 10.9. The number of methoxy groups -OCH3 is 1. The second-order valence-electron chi connectivity index (χ2n) is 5.17. The van der Waals surface area contributed by atoms with Crippen molar-refractivity contribution in [2.24, 2.45) is 0 Å². The van der Waals surface area contributed by atoms with Crippen LogP contribution in [0.2, 0.25) is 0 Å². The van der Waals surface area contributed by atoms with E-state index in [1.807, 2.05) is 24.3 Å². The van der Waals surface area contributed by atoms with Gasteiger partial charge in [-0.1, -0.05) is 31.4 Å². The average molecular weight is 295 g/mol. The van der Waals surface area contributed by atoms with E-state index in [2.05, 4.69) is 0 Å². The summed E-state index contributed by atoms with van der Waals surface area (Å²) in [6.45, 7) is -0.00645. The van der Waals surface area contributed by atoms with Crippen LogP contribution < -0.4 is 4.74 Å². The van der Waals surface area contributed by atoms with Crippen molar-refractivity contribution in [3.05, 3.63) is 39.9 Å². The first-order chi connectivity index (χ1) is 9.69. The molecule has 1 aliphatic rings. The monoisotopic (exact) mass is 295 g/mol. The Morgan fingerprint density at radius 1 is 1.30 bits per heavy atom. The van der Waals surface area contributed by atoms with Crippen molar-refractivity contribution in [2.75, 3.05) is 13.7 Å². The predicted octanol–water partition coefficient (Wildman–Crippen LogP) is 4.08. The molecule has 1 atom stereocenters. The van der Waals surface area contributed by atoms with Crippen LogP contribution in [0.5, 0.6) is 5.75 Å². The fraction of sp³-hybridized carbons (Fsp3) is 0.600. The SMILES string of the molecule is COc1ccc(C(C[N+](=O)[O-])SC2CCCCC2)cc1. The summed E-state index contributed by atoms with van der Waals surface area (Å²) in [6.07, 6.45) is 6.19. The van der Waals surface area contributed by atoms with Crippen LogP contribution in [0.3, 0.4) is 0 Å². The molecule has 0 saturated heterocycles. The largest absolute Gasteiger partial charge is 0.497 e.